The van der Waals surface area contributed by atoms with Crippen LogP contribution in [0.2, 0.25) is 0 Å². The van der Waals surface area contributed by atoms with E-state index in [0.29, 0.717) is 12.1 Å². The molecule has 0 aliphatic heterocycles. The third-order valence-electron chi connectivity index (χ3n) is 4.19. The summed E-state index contributed by atoms with van der Waals surface area (Å²) in [5, 5.41) is 21.4. The van der Waals surface area contributed by atoms with Gasteiger partial charge in [-0.15, -0.1) is 0 Å². The van der Waals surface area contributed by atoms with Gasteiger partial charge in [-0.3, -0.25) is 4.79 Å². The minimum absolute atomic E-state index is 0.155. The van der Waals surface area contributed by atoms with Gasteiger partial charge in [0.2, 0.25) is 0 Å². The Labute approximate surface area is 133 Å². The van der Waals surface area contributed by atoms with E-state index >= 15 is 0 Å². The first kappa shape index (κ1) is 15.8. The first-order chi connectivity index (χ1) is 10.0. The Kier molecular flexibility index (Phi) is 5.24. The highest BCUT2D eigenvalue weighted by molar-refractivity contribution is 9.10. The van der Waals surface area contributed by atoms with Crippen molar-refractivity contribution < 1.29 is 9.90 Å². The van der Waals surface area contributed by atoms with Crippen LogP contribution in [-0.4, -0.2) is 17.6 Å². The molecule has 0 atom stereocenters. The second-order valence-corrected chi connectivity index (χ2v) is 6.65. The van der Waals surface area contributed by atoms with Gasteiger partial charge < -0.3 is 10.4 Å². The molecule has 2 rings (SSSR count). The number of benzene rings is 1. The topological polar surface area (TPSA) is 73.1 Å². The minimum Gasteiger partial charge on any atom is -0.481 e. The van der Waals surface area contributed by atoms with Crippen LogP contribution < -0.4 is 5.32 Å². The third kappa shape index (κ3) is 4.21. The fraction of sp³-hybridized carbons (Fsp3) is 0.500. The van der Waals surface area contributed by atoms with E-state index in [-0.39, 0.29) is 11.8 Å². The number of carboxylic acids is 1. The van der Waals surface area contributed by atoms with Crippen molar-refractivity contribution in [3.8, 4) is 6.07 Å². The van der Waals surface area contributed by atoms with E-state index < -0.39 is 5.97 Å². The van der Waals surface area contributed by atoms with Gasteiger partial charge >= 0.3 is 5.97 Å². The molecule has 4 nitrogen and oxygen atoms in total. The van der Waals surface area contributed by atoms with E-state index in [9.17, 15) is 9.90 Å². The second-order valence-electron chi connectivity index (χ2n) is 5.79. The summed E-state index contributed by atoms with van der Waals surface area (Å²) >= 11 is 3.45. The lowest BCUT2D eigenvalue weighted by Crippen LogP contribution is -2.34. The van der Waals surface area contributed by atoms with Crippen LogP contribution in [0.1, 0.15) is 44.1 Å². The maximum Gasteiger partial charge on any atom is 0.303 e. The van der Waals surface area contributed by atoms with Gasteiger partial charge in [0.15, 0.2) is 0 Å². The summed E-state index contributed by atoms with van der Waals surface area (Å²) < 4.78 is 0.836. The number of rotatable bonds is 5. The van der Waals surface area contributed by atoms with Crippen LogP contribution in [0.3, 0.4) is 0 Å². The van der Waals surface area contributed by atoms with Gasteiger partial charge in [-0.25, -0.2) is 0 Å². The van der Waals surface area contributed by atoms with Crippen LogP contribution in [0.25, 0.3) is 0 Å². The van der Waals surface area contributed by atoms with E-state index in [4.69, 9.17) is 5.26 Å². The summed E-state index contributed by atoms with van der Waals surface area (Å²) in [6.45, 7) is 0.657. The van der Waals surface area contributed by atoms with E-state index in [1.165, 1.54) is 6.42 Å². The van der Waals surface area contributed by atoms with Crippen molar-refractivity contribution in [3.05, 3.63) is 28.2 Å². The van der Waals surface area contributed by atoms with Crippen molar-refractivity contribution in [2.75, 3.05) is 11.9 Å². The average molecular weight is 351 g/mol. The molecule has 2 N–H and O–H groups in total. The van der Waals surface area contributed by atoms with Gasteiger partial charge in [0, 0.05) is 16.7 Å². The highest BCUT2D eigenvalue weighted by atomic mass is 79.9. The molecule has 0 heterocycles. The molecule has 21 heavy (non-hydrogen) atoms. The molecule has 0 aromatic heterocycles. The smallest absolute Gasteiger partial charge is 0.303 e. The van der Waals surface area contributed by atoms with E-state index in [0.717, 1.165) is 35.8 Å². The van der Waals surface area contributed by atoms with Crippen molar-refractivity contribution in [3.63, 3.8) is 0 Å². The molecule has 5 heteroatoms. The number of carboxylic acid groups (broad SMARTS) is 1. The molecule has 1 aromatic carbocycles. The molecular weight excluding hydrogens is 332 g/mol. The van der Waals surface area contributed by atoms with Gasteiger partial charge in [0.25, 0.3) is 0 Å². The van der Waals surface area contributed by atoms with E-state index in [1.807, 2.05) is 6.07 Å². The normalized spacial score (nSPS) is 17.0. The maximum absolute atomic E-state index is 11.2. The Balaban J connectivity index is 2.08. The number of halogens is 1. The van der Waals surface area contributed by atoms with Crippen LogP contribution in [-0.2, 0) is 4.79 Å². The summed E-state index contributed by atoms with van der Waals surface area (Å²) in [6, 6.07) is 7.49. The van der Waals surface area contributed by atoms with E-state index in [2.05, 4.69) is 27.3 Å². The third-order valence-corrected chi connectivity index (χ3v) is 4.85. The number of hydrogen-bond donors (Lipinski definition) is 2. The number of nitriles is 1. The Hall–Kier alpha value is -1.54. The first-order valence-corrected chi connectivity index (χ1v) is 7.99. The molecule has 1 saturated carbocycles. The quantitative estimate of drug-likeness (QED) is 0.836. The van der Waals surface area contributed by atoms with Crippen LogP contribution in [0.5, 0.6) is 0 Å². The molecule has 0 saturated heterocycles. The fourth-order valence-corrected chi connectivity index (χ4v) is 3.57. The van der Waals surface area contributed by atoms with Gasteiger partial charge in [-0.05, 0) is 52.4 Å². The highest BCUT2D eigenvalue weighted by Gasteiger charge is 2.34. The molecule has 0 bridgehead atoms. The number of hydrogen-bond acceptors (Lipinski definition) is 3. The molecule has 0 unspecified atom stereocenters. The van der Waals surface area contributed by atoms with Gasteiger partial charge in [0.1, 0.15) is 0 Å². The monoisotopic (exact) mass is 350 g/mol. The number of anilines is 1. The molecule has 1 aliphatic rings. The zero-order valence-corrected chi connectivity index (χ0v) is 13.4. The highest BCUT2D eigenvalue weighted by Crippen LogP contribution is 2.40. The predicted molar refractivity (Wildman–Crippen MR) is 85.1 cm³/mol. The zero-order chi connectivity index (χ0) is 15.3. The number of aliphatic carboxylic acids is 1. The lowest BCUT2D eigenvalue weighted by molar-refractivity contribution is -0.140. The van der Waals surface area contributed by atoms with Crippen LogP contribution in [0.15, 0.2) is 22.7 Å². The molecule has 112 valence electrons. The lowest BCUT2D eigenvalue weighted by atomic mass is 9.71. The summed E-state index contributed by atoms with van der Waals surface area (Å²) in [5.41, 5.74) is 1.35. The van der Waals surface area contributed by atoms with Crippen molar-refractivity contribution in [2.45, 2.75) is 38.5 Å². The van der Waals surface area contributed by atoms with Crippen molar-refractivity contribution in [1.82, 2.24) is 0 Å². The van der Waals surface area contributed by atoms with Gasteiger partial charge in [-0.1, -0.05) is 19.3 Å². The summed E-state index contributed by atoms with van der Waals surface area (Å²) in [5.74, 6) is -0.724. The first-order valence-electron chi connectivity index (χ1n) is 7.20. The second kappa shape index (κ2) is 6.95. The lowest BCUT2D eigenvalue weighted by Gasteiger charge is -2.36. The molecule has 0 radical (unpaired) electrons. The van der Waals surface area contributed by atoms with Crippen molar-refractivity contribution in [2.24, 2.45) is 5.41 Å². The molecule has 0 amide bonds. The largest absolute Gasteiger partial charge is 0.481 e. The van der Waals surface area contributed by atoms with Gasteiger partial charge in [0.05, 0.1) is 18.1 Å². The molecular formula is C16H19BrN2O2. The Morgan fingerprint density at radius 3 is 2.67 bits per heavy atom. The van der Waals surface area contributed by atoms with Crippen molar-refractivity contribution in [1.29, 1.82) is 5.26 Å². The summed E-state index contributed by atoms with van der Waals surface area (Å²) in [7, 11) is 0. The molecule has 1 fully saturated rings. The summed E-state index contributed by atoms with van der Waals surface area (Å²) in [4.78, 5) is 11.2. The van der Waals surface area contributed by atoms with Crippen molar-refractivity contribution >= 4 is 27.6 Å². The van der Waals surface area contributed by atoms with Crippen LogP contribution in [0, 0.1) is 16.7 Å². The average Bonchev–Trinajstić information content (AvgIpc) is 2.46. The number of carbonyl (C=O) groups is 1. The summed E-state index contributed by atoms with van der Waals surface area (Å²) in [6.07, 6.45) is 5.53. The molecule has 1 aliphatic carbocycles. The zero-order valence-electron chi connectivity index (χ0n) is 11.9. The standard InChI is InChI=1S/C16H19BrN2O2/c17-13-8-12(10-18)4-5-14(13)19-11-16(9-15(20)21)6-2-1-3-7-16/h4-5,8,19H,1-3,6-7,9,11H2,(H,20,21). The number of nitrogens with one attached hydrogen (secondary N) is 1. The SMILES string of the molecule is N#Cc1ccc(NCC2(CC(=O)O)CCCCC2)c(Br)c1. The predicted octanol–water partition coefficient (Wildman–Crippen LogP) is 4.16. The van der Waals surface area contributed by atoms with Crippen LogP contribution in [0.4, 0.5) is 5.69 Å². The van der Waals surface area contributed by atoms with Crippen LogP contribution >= 0.6 is 15.9 Å². The molecule has 0 spiro atoms. The Morgan fingerprint density at radius 1 is 1.38 bits per heavy atom. The maximum atomic E-state index is 11.2. The van der Waals surface area contributed by atoms with E-state index in [1.54, 1.807) is 12.1 Å². The Bertz CT molecular complexity index is 560. The Morgan fingerprint density at radius 2 is 2.10 bits per heavy atom. The fourth-order valence-electron chi connectivity index (χ4n) is 3.05. The van der Waals surface area contributed by atoms with Gasteiger partial charge in [-0.2, -0.15) is 5.26 Å². The minimum atomic E-state index is -0.724. The number of nitrogens with zero attached hydrogens (tertiary/aromatic N) is 1. The molecule has 1 aromatic rings.